The Bertz CT molecular complexity index is 1300. The number of H-pyrrole nitrogens is 1. The van der Waals surface area contributed by atoms with Gasteiger partial charge in [0.05, 0.1) is 16.8 Å². The summed E-state index contributed by atoms with van der Waals surface area (Å²) >= 11 is 0. The molecule has 0 atom stereocenters. The van der Waals surface area contributed by atoms with Crippen LogP contribution in [-0.4, -0.2) is 40.7 Å². The summed E-state index contributed by atoms with van der Waals surface area (Å²) in [4.78, 5) is 20.8. The second-order valence-corrected chi connectivity index (χ2v) is 9.38. The van der Waals surface area contributed by atoms with Crippen molar-refractivity contribution in [3.05, 3.63) is 75.5 Å². The van der Waals surface area contributed by atoms with Crippen LogP contribution in [0, 0.1) is 0 Å². The summed E-state index contributed by atoms with van der Waals surface area (Å²) in [6, 6.07) is 8.65. The Kier molecular flexibility index (Phi) is 5.26. The topological polar surface area (TPSA) is 88.1 Å². The standard InChI is InChI=1S/C20H19F3N4O3S/c1-31(29,30)19-24-17-7-9-26(12-16(17)18(28)25-19)11-15-6-3-8-27(15)14-5-2-4-13(10-14)20(21,22)23/h2-6,8,10H,7,9,11-12H2,1H3,(H,24,25,28). The van der Waals surface area contributed by atoms with Crippen molar-refractivity contribution in [1.82, 2.24) is 19.4 Å². The number of fused-ring (bicyclic) bond motifs is 1. The van der Waals surface area contributed by atoms with Crippen LogP contribution in [0.2, 0.25) is 0 Å². The van der Waals surface area contributed by atoms with Crippen LogP contribution >= 0.6 is 0 Å². The van der Waals surface area contributed by atoms with Crippen molar-refractivity contribution >= 4 is 9.84 Å². The predicted octanol–water partition coefficient (Wildman–Crippen LogP) is 2.54. The third-order valence-corrected chi connectivity index (χ3v) is 6.04. The lowest BCUT2D eigenvalue weighted by Crippen LogP contribution is -2.36. The number of halogens is 3. The molecule has 0 bridgehead atoms. The Morgan fingerprint density at radius 2 is 1.97 bits per heavy atom. The van der Waals surface area contributed by atoms with E-state index < -0.39 is 27.1 Å². The van der Waals surface area contributed by atoms with Crippen LogP contribution < -0.4 is 5.56 Å². The minimum Gasteiger partial charge on any atom is -0.320 e. The number of aromatic amines is 1. The molecule has 0 spiro atoms. The zero-order chi connectivity index (χ0) is 22.4. The highest BCUT2D eigenvalue weighted by molar-refractivity contribution is 7.90. The summed E-state index contributed by atoms with van der Waals surface area (Å²) in [5.74, 6) is 0. The molecule has 0 fully saturated rings. The molecule has 0 aliphatic carbocycles. The molecule has 0 unspecified atom stereocenters. The van der Waals surface area contributed by atoms with Crippen molar-refractivity contribution in [2.24, 2.45) is 0 Å². The third-order valence-electron chi connectivity index (χ3n) is 5.15. The quantitative estimate of drug-likeness (QED) is 0.615. The van der Waals surface area contributed by atoms with Gasteiger partial charge in [-0.3, -0.25) is 14.7 Å². The zero-order valence-electron chi connectivity index (χ0n) is 16.5. The Balaban J connectivity index is 1.59. The fourth-order valence-corrected chi connectivity index (χ4v) is 4.18. The minimum absolute atomic E-state index is 0.259. The van der Waals surface area contributed by atoms with E-state index in [4.69, 9.17) is 0 Å². The van der Waals surface area contributed by atoms with Gasteiger partial charge in [-0.2, -0.15) is 13.2 Å². The number of nitrogens with one attached hydrogen (secondary N) is 1. The largest absolute Gasteiger partial charge is 0.416 e. The molecule has 2 aromatic heterocycles. The van der Waals surface area contributed by atoms with Gasteiger partial charge in [-0.15, -0.1) is 0 Å². The van der Waals surface area contributed by atoms with Crippen molar-refractivity contribution in [1.29, 1.82) is 0 Å². The smallest absolute Gasteiger partial charge is 0.320 e. The molecule has 1 aromatic carbocycles. The molecule has 1 aliphatic rings. The van der Waals surface area contributed by atoms with Crippen LogP contribution in [0.15, 0.2) is 52.5 Å². The van der Waals surface area contributed by atoms with Crippen molar-refractivity contribution < 1.29 is 21.6 Å². The highest BCUT2D eigenvalue weighted by Gasteiger charge is 2.30. The molecule has 3 heterocycles. The molecule has 11 heteroatoms. The molecule has 1 N–H and O–H groups in total. The van der Waals surface area contributed by atoms with Crippen molar-refractivity contribution in [3.8, 4) is 5.69 Å². The average molecular weight is 452 g/mol. The van der Waals surface area contributed by atoms with E-state index in [0.29, 0.717) is 36.5 Å². The summed E-state index contributed by atoms with van der Waals surface area (Å²) in [5.41, 5.74) is 0.785. The molecule has 164 valence electrons. The first-order valence-corrected chi connectivity index (χ1v) is 11.3. The Hall–Kier alpha value is -2.92. The lowest BCUT2D eigenvalue weighted by Gasteiger charge is -2.28. The van der Waals surface area contributed by atoms with Gasteiger partial charge in [0.25, 0.3) is 5.56 Å². The summed E-state index contributed by atoms with van der Waals surface area (Å²) in [7, 11) is -3.63. The van der Waals surface area contributed by atoms with Crippen LogP contribution in [-0.2, 0) is 35.5 Å². The Labute approximate surface area is 176 Å². The van der Waals surface area contributed by atoms with Crippen LogP contribution in [0.3, 0.4) is 0 Å². The number of nitrogens with zero attached hydrogens (tertiary/aromatic N) is 3. The number of benzene rings is 1. The van der Waals surface area contributed by atoms with Gasteiger partial charge in [0.1, 0.15) is 0 Å². The van der Waals surface area contributed by atoms with Crippen LogP contribution in [0.5, 0.6) is 0 Å². The van der Waals surface area contributed by atoms with E-state index in [2.05, 4.69) is 9.97 Å². The molecule has 0 saturated carbocycles. The van der Waals surface area contributed by atoms with E-state index in [1.807, 2.05) is 11.0 Å². The van der Waals surface area contributed by atoms with Crippen LogP contribution in [0.25, 0.3) is 5.69 Å². The number of aromatic nitrogens is 3. The van der Waals surface area contributed by atoms with E-state index >= 15 is 0 Å². The van der Waals surface area contributed by atoms with Crippen LogP contribution in [0.1, 0.15) is 22.5 Å². The second kappa shape index (κ2) is 7.65. The number of alkyl halides is 3. The Morgan fingerprint density at radius 1 is 1.19 bits per heavy atom. The van der Waals surface area contributed by atoms with Crippen molar-refractivity contribution in [2.75, 3.05) is 12.8 Å². The molecule has 31 heavy (non-hydrogen) atoms. The second-order valence-electron chi connectivity index (χ2n) is 7.45. The first kappa shape index (κ1) is 21.3. The molecule has 4 rings (SSSR count). The van der Waals surface area contributed by atoms with Gasteiger partial charge < -0.3 is 4.57 Å². The number of rotatable bonds is 4. The lowest BCUT2D eigenvalue weighted by atomic mass is 10.1. The first-order valence-electron chi connectivity index (χ1n) is 9.41. The molecule has 3 aromatic rings. The molecule has 7 nitrogen and oxygen atoms in total. The Morgan fingerprint density at radius 3 is 2.68 bits per heavy atom. The maximum Gasteiger partial charge on any atom is 0.416 e. The fraction of sp³-hybridized carbons (Fsp3) is 0.300. The van der Waals surface area contributed by atoms with Gasteiger partial charge in [-0.25, -0.2) is 13.4 Å². The molecular formula is C20H19F3N4O3S. The van der Waals surface area contributed by atoms with Gasteiger partial charge in [0, 0.05) is 49.9 Å². The van der Waals surface area contributed by atoms with E-state index in [1.165, 1.54) is 6.07 Å². The first-order chi connectivity index (χ1) is 14.5. The monoisotopic (exact) mass is 452 g/mol. The van der Waals surface area contributed by atoms with Crippen molar-refractivity contribution in [3.63, 3.8) is 0 Å². The van der Waals surface area contributed by atoms with E-state index in [-0.39, 0.29) is 11.7 Å². The predicted molar refractivity (Wildman–Crippen MR) is 107 cm³/mol. The normalized spacial score (nSPS) is 15.1. The molecule has 0 amide bonds. The van der Waals surface area contributed by atoms with Gasteiger partial charge in [0.15, 0.2) is 0 Å². The van der Waals surface area contributed by atoms with E-state index in [9.17, 15) is 26.4 Å². The maximum atomic E-state index is 13.1. The minimum atomic E-state index is -4.43. The summed E-state index contributed by atoms with van der Waals surface area (Å²) < 4.78 is 64.3. The van der Waals surface area contributed by atoms with Gasteiger partial charge in [-0.05, 0) is 30.3 Å². The molecular weight excluding hydrogens is 433 g/mol. The van der Waals surface area contributed by atoms with E-state index in [1.54, 1.807) is 22.9 Å². The summed E-state index contributed by atoms with van der Waals surface area (Å²) in [6.07, 6.45) is -1.37. The highest BCUT2D eigenvalue weighted by Crippen LogP contribution is 2.31. The third kappa shape index (κ3) is 4.42. The fourth-order valence-electron chi connectivity index (χ4n) is 3.63. The molecule has 0 radical (unpaired) electrons. The van der Waals surface area contributed by atoms with Gasteiger partial charge in [-0.1, -0.05) is 6.07 Å². The molecule has 0 saturated heterocycles. The zero-order valence-corrected chi connectivity index (χ0v) is 17.3. The van der Waals surface area contributed by atoms with E-state index in [0.717, 1.165) is 24.1 Å². The summed E-state index contributed by atoms with van der Waals surface area (Å²) in [6.45, 7) is 1.19. The van der Waals surface area contributed by atoms with Gasteiger partial charge in [0.2, 0.25) is 15.0 Å². The SMILES string of the molecule is CS(=O)(=O)c1nc2c(c(=O)[nH]1)CN(Cc1cccn1-c1cccc(C(F)(F)F)c1)CC2. The molecule has 1 aliphatic heterocycles. The number of hydrogen-bond acceptors (Lipinski definition) is 5. The lowest BCUT2D eigenvalue weighted by molar-refractivity contribution is -0.137. The van der Waals surface area contributed by atoms with Gasteiger partial charge >= 0.3 is 6.18 Å². The van der Waals surface area contributed by atoms with Crippen LogP contribution in [0.4, 0.5) is 13.2 Å². The maximum absolute atomic E-state index is 13.1. The summed E-state index contributed by atoms with van der Waals surface area (Å²) in [5, 5.41) is -0.344. The van der Waals surface area contributed by atoms with Crippen molar-refractivity contribution in [2.45, 2.75) is 30.8 Å². The number of sulfone groups is 1. The highest BCUT2D eigenvalue weighted by atomic mass is 32.2. The number of hydrogen-bond donors (Lipinski definition) is 1. The average Bonchev–Trinajstić information content (AvgIpc) is 3.15.